The standard InChI is InChI=1S/C11H17BrN2.ClH/c1-8(2)5-6-10(13)9-4-3-7-14-11(9)12;/h3-4,7-8,10H,5-6,13H2,1-2H3;1H/t10-;/m0./s1. The molecule has 0 aliphatic heterocycles. The van der Waals surface area contributed by atoms with Crippen molar-refractivity contribution >= 4 is 28.3 Å². The zero-order chi connectivity index (χ0) is 10.6. The summed E-state index contributed by atoms with van der Waals surface area (Å²) in [5.41, 5.74) is 7.18. The van der Waals surface area contributed by atoms with Crippen molar-refractivity contribution in [1.82, 2.24) is 4.98 Å². The van der Waals surface area contributed by atoms with Gasteiger partial charge in [0.1, 0.15) is 4.60 Å². The summed E-state index contributed by atoms with van der Waals surface area (Å²) in [6, 6.07) is 4.05. The SMILES string of the molecule is CC(C)CC[C@H](N)c1cccnc1Br.Cl. The van der Waals surface area contributed by atoms with Gasteiger partial charge in [0.2, 0.25) is 0 Å². The second-order valence-electron chi connectivity index (χ2n) is 3.96. The molecule has 0 aliphatic rings. The summed E-state index contributed by atoms with van der Waals surface area (Å²) in [6.45, 7) is 4.43. The Labute approximate surface area is 106 Å². The summed E-state index contributed by atoms with van der Waals surface area (Å²) in [6.07, 6.45) is 3.94. The Hall–Kier alpha value is -0.120. The maximum atomic E-state index is 6.07. The molecule has 0 aliphatic carbocycles. The predicted octanol–water partition coefficient (Wildman–Crippen LogP) is 3.70. The summed E-state index contributed by atoms with van der Waals surface area (Å²) in [5, 5.41) is 0. The van der Waals surface area contributed by atoms with E-state index in [0.717, 1.165) is 23.0 Å². The molecule has 0 saturated carbocycles. The first-order chi connectivity index (χ1) is 6.61. The molecule has 2 nitrogen and oxygen atoms in total. The maximum absolute atomic E-state index is 6.07. The molecule has 0 fully saturated rings. The maximum Gasteiger partial charge on any atom is 0.110 e. The molecule has 1 aromatic heterocycles. The largest absolute Gasteiger partial charge is 0.324 e. The number of nitrogens with zero attached hydrogens (tertiary/aromatic N) is 1. The highest BCUT2D eigenvalue weighted by molar-refractivity contribution is 9.10. The number of hydrogen-bond acceptors (Lipinski definition) is 2. The van der Waals surface area contributed by atoms with Crippen LogP contribution in [-0.4, -0.2) is 4.98 Å². The van der Waals surface area contributed by atoms with Crippen molar-refractivity contribution in [3.05, 3.63) is 28.5 Å². The molecular weight excluding hydrogens is 275 g/mol. The molecule has 0 bridgehead atoms. The summed E-state index contributed by atoms with van der Waals surface area (Å²) < 4.78 is 0.872. The van der Waals surface area contributed by atoms with Gasteiger partial charge in [-0.05, 0) is 40.8 Å². The molecule has 1 rings (SSSR count). The lowest BCUT2D eigenvalue weighted by Crippen LogP contribution is -2.12. The van der Waals surface area contributed by atoms with Crippen LogP contribution in [0.3, 0.4) is 0 Å². The number of pyridine rings is 1. The summed E-state index contributed by atoms with van der Waals surface area (Å²) in [4.78, 5) is 4.16. The smallest absolute Gasteiger partial charge is 0.110 e. The topological polar surface area (TPSA) is 38.9 Å². The first-order valence-corrected chi connectivity index (χ1v) is 5.76. The molecule has 0 unspecified atom stereocenters. The van der Waals surface area contributed by atoms with Crippen LogP contribution in [0.4, 0.5) is 0 Å². The first kappa shape index (κ1) is 14.9. The minimum atomic E-state index is 0. The lowest BCUT2D eigenvalue weighted by molar-refractivity contribution is 0.505. The molecule has 0 amide bonds. The van der Waals surface area contributed by atoms with Crippen molar-refractivity contribution < 1.29 is 0 Å². The summed E-state index contributed by atoms with van der Waals surface area (Å²) >= 11 is 3.41. The monoisotopic (exact) mass is 292 g/mol. The second-order valence-corrected chi connectivity index (χ2v) is 4.71. The van der Waals surface area contributed by atoms with Gasteiger partial charge in [-0.2, -0.15) is 0 Å². The van der Waals surface area contributed by atoms with Crippen LogP contribution in [-0.2, 0) is 0 Å². The van der Waals surface area contributed by atoms with Crippen molar-refractivity contribution in [3.63, 3.8) is 0 Å². The molecule has 1 atom stereocenters. The van der Waals surface area contributed by atoms with E-state index in [4.69, 9.17) is 5.73 Å². The number of halogens is 2. The van der Waals surface area contributed by atoms with E-state index in [1.807, 2.05) is 12.1 Å². The van der Waals surface area contributed by atoms with Crippen molar-refractivity contribution in [1.29, 1.82) is 0 Å². The number of rotatable bonds is 4. The Kier molecular flexibility index (Phi) is 7.14. The number of nitrogens with two attached hydrogens (primary N) is 1. The number of aromatic nitrogens is 1. The highest BCUT2D eigenvalue weighted by Gasteiger charge is 2.10. The van der Waals surface area contributed by atoms with E-state index in [1.165, 1.54) is 0 Å². The highest BCUT2D eigenvalue weighted by Crippen LogP contribution is 2.23. The zero-order valence-electron chi connectivity index (χ0n) is 9.11. The Morgan fingerprint density at radius 1 is 1.40 bits per heavy atom. The van der Waals surface area contributed by atoms with Gasteiger partial charge in [0.15, 0.2) is 0 Å². The molecule has 86 valence electrons. The van der Waals surface area contributed by atoms with Crippen LogP contribution >= 0.6 is 28.3 Å². The average Bonchev–Trinajstić information content (AvgIpc) is 2.15. The van der Waals surface area contributed by atoms with E-state index in [1.54, 1.807) is 6.20 Å². The number of hydrogen-bond donors (Lipinski definition) is 1. The fourth-order valence-corrected chi connectivity index (χ4v) is 1.89. The van der Waals surface area contributed by atoms with Gasteiger partial charge in [0, 0.05) is 17.8 Å². The summed E-state index contributed by atoms with van der Waals surface area (Å²) in [7, 11) is 0. The molecule has 0 spiro atoms. The van der Waals surface area contributed by atoms with Crippen LogP contribution < -0.4 is 5.73 Å². The first-order valence-electron chi connectivity index (χ1n) is 4.97. The molecule has 2 N–H and O–H groups in total. The zero-order valence-corrected chi connectivity index (χ0v) is 11.5. The minimum Gasteiger partial charge on any atom is -0.324 e. The normalized spacial score (nSPS) is 12.3. The average molecular weight is 294 g/mol. The van der Waals surface area contributed by atoms with Crippen molar-refractivity contribution in [2.24, 2.45) is 11.7 Å². The third-order valence-electron chi connectivity index (χ3n) is 2.24. The van der Waals surface area contributed by atoms with Crippen molar-refractivity contribution in [2.75, 3.05) is 0 Å². The van der Waals surface area contributed by atoms with Crippen molar-refractivity contribution in [3.8, 4) is 0 Å². The molecule has 15 heavy (non-hydrogen) atoms. The van der Waals surface area contributed by atoms with E-state index in [9.17, 15) is 0 Å². The fraction of sp³-hybridized carbons (Fsp3) is 0.545. The van der Waals surface area contributed by atoms with E-state index < -0.39 is 0 Å². The van der Waals surface area contributed by atoms with Gasteiger partial charge in [-0.3, -0.25) is 0 Å². The third kappa shape index (κ3) is 4.96. The quantitative estimate of drug-likeness (QED) is 0.860. The lowest BCUT2D eigenvalue weighted by Gasteiger charge is -2.14. The molecule has 0 radical (unpaired) electrons. The van der Waals surface area contributed by atoms with Crippen LogP contribution in [0.5, 0.6) is 0 Å². The van der Waals surface area contributed by atoms with Crippen LogP contribution in [0, 0.1) is 5.92 Å². The molecule has 1 aromatic rings. The fourth-order valence-electron chi connectivity index (χ4n) is 1.34. The molecule has 4 heteroatoms. The van der Waals surface area contributed by atoms with E-state index in [2.05, 4.69) is 34.8 Å². The van der Waals surface area contributed by atoms with E-state index in [-0.39, 0.29) is 18.4 Å². The Balaban J connectivity index is 0.00000196. The van der Waals surface area contributed by atoms with Gasteiger partial charge in [0.05, 0.1) is 0 Å². The lowest BCUT2D eigenvalue weighted by atomic mass is 10.00. The predicted molar refractivity (Wildman–Crippen MR) is 70.2 cm³/mol. The van der Waals surface area contributed by atoms with Gasteiger partial charge < -0.3 is 5.73 Å². The molecule has 0 aromatic carbocycles. The summed E-state index contributed by atoms with van der Waals surface area (Å²) in [5.74, 6) is 0.705. The van der Waals surface area contributed by atoms with Gasteiger partial charge >= 0.3 is 0 Å². The van der Waals surface area contributed by atoms with Crippen LogP contribution in [0.15, 0.2) is 22.9 Å². The molecule has 0 saturated heterocycles. The Morgan fingerprint density at radius 3 is 2.60 bits per heavy atom. The minimum absolute atomic E-state index is 0. The van der Waals surface area contributed by atoms with Crippen LogP contribution in [0.1, 0.15) is 38.3 Å². The van der Waals surface area contributed by atoms with Gasteiger partial charge in [-0.15, -0.1) is 12.4 Å². The van der Waals surface area contributed by atoms with E-state index in [0.29, 0.717) is 5.92 Å². The third-order valence-corrected chi connectivity index (χ3v) is 2.91. The Bertz CT molecular complexity index is 292. The molecular formula is C11H18BrClN2. The Morgan fingerprint density at radius 2 is 2.07 bits per heavy atom. The van der Waals surface area contributed by atoms with Crippen LogP contribution in [0.2, 0.25) is 0 Å². The van der Waals surface area contributed by atoms with Gasteiger partial charge in [-0.1, -0.05) is 19.9 Å². The van der Waals surface area contributed by atoms with Gasteiger partial charge in [-0.25, -0.2) is 4.98 Å². The van der Waals surface area contributed by atoms with Gasteiger partial charge in [0.25, 0.3) is 0 Å². The highest BCUT2D eigenvalue weighted by atomic mass is 79.9. The second kappa shape index (κ2) is 7.20. The molecule has 1 heterocycles. The van der Waals surface area contributed by atoms with Crippen LogP contribution in [0.25, 0.3) is 0 Å². The van der Waals surface area contributed by atoms with Crippen molar-refractivity contribution in [2.45, 2.75) is 32.7 Å². The van der Waals surface area contributed by atoms with E-state index >= 15 is 0 Å².